The van der Waals surface area contributed by atoms with E-state index in [0.717, 1.165) is 17.2 Å². The number of sulfone groups is 1. The largest absolute Gasteiger partial charge is 0.484 e. The Bertz CT molecular complexity index is 863. The van der Waals surface area contributed by atoms with Gasteiger partial charge in [-0.15, -0.1) is 0 Å². The van der Waals surface area contributed by atoms with Crippen LogP contribution in [0.2, 0.25) is 0 Å². The summed E-state index contributed by atoms with van der Waals surface area (Å²) in [5.74, 6) is 0.713. The van der Waals surface area contributed by atoms with Gasteiger partial charge in [0.15, 0.2) is 16.4 Å². The monoisotopic (exact) mass is 361 g/mol. The maximum Gasteiger partial charge on any atom is 0.260 e. The summed E-state index contributed by atoms with van der Waals surface area (Å²) in [6, 6.07) is 13.4. The minimum Gasteiger partial charge on any atom is -0.484 e. The minimum absolute atomic E-state index is 0.0642. The van der Waals surface area contributed by atoms with Crippen LogP contribution in [-0.4, -0.2) is 49.9 Å². The second-order valence-corrected chi connectivity index (χ2v) is 8.67. The fraction of sp³-hybridized carbons (Fsp3) is 0.421. The standard InChI is InChI=1S/C19H23NO4S/c1-2-10-20(17-9-11-25(22,23)14-17)19(21)13-24-18-8-7-15-5-3-4-6-16(15)12-18/h3-8,12,17H,2,9-11,13-14H2,1H3. The van der Waals surface area contributed by atoms with E-state index >= 15 is 0 Å². The SMILES string of the molecule is CCCN(C(=O)COc1ccc2ccccc2c1)C1CCS(=O)(=O)C1. The second-order valence-electron chi connectivity index (χ2n) is 6.44. The zero-order chi connectivity index (χ0) is 17.9. The van der Waals surface area contributed by atoms with Gasteiger partial charge < -0.3 is 9.64 Å². The molecule has 0 N–H and O–H groups in total. The number of fused-ring (bicyclic) bond motifs is 1. The summed E-state index contributed by atoms with van der Waals surface area (Å²) < 4.78 is 29.1. The van der Waals surface area contributed by atoms with Gasteiger partial charge in [-0.25, -0.2) is 8.42 Å². The lowest BCUT2D eigenvalue weighted by atomic mass is 10.1. The Morgan fingerprint density at radius 2 is 1.96 bits per heavy atom. The molecule has 0 saturated carbocycles. The summed E-state index contributed by atoms with van der Waals surface area (Å²) in [4.78, 5) is 14.2. The predicted octanol–water partition coefficient (Wildman–Crippen LogP) is 2.64. The molecular weight excluding hydrogens is 338 g/mol. The second kappa shape index (κ2) is 7.44. The molecule has 0 aliphatic carbocycles. The van der Waals surface area contributed by atoms with Gasteiger partial charge in [-0.3, -0.25) is 4.79 Å². The minimum atomic E-state index is -3.02. The average Bonchev–Trinajstić information content (AvgIpc) is 2.97. The van der Waals surface area contributed by atoms with Crippen LogP contribution in [0.3, 0.4) is 0 Å². The van der Waals surface area contributed by atoms with Gasteiger partial charge in [0.1, 0.15) is 5.75 Å². The Morgan fingerprint density at radius 1 is 1.20 bits per heavy atom. The molecule has 1 heterocycles. The van der Waals surface area contributed by atoms with Gasteiger partial charge in [0.2, 0.25) is 0 Å². The van der Waals surface area contributed by atoms with Crippen LogP contribution in [0.4, 0.5) is 0 Å². The summed E-state index contributed by atoms with van der Waals surface area (Å²) in [6.07, 6.45) is 1.31. The van der Waals surface area contributed by atoms with Crippen LogP contribution in [0.5, 0.6) is 5.75 Å². The normalized spacial score (nSPS) is 19.0. The fourth-order valence-corrected chi connectivity index (χ4v) is 4.99. The van der Waals surface area contributed by atoms with E-state index in [1.165, 1.54) is 0 Å². The quantitative estimate of drug-likeness (QED) is 0.793. The number of ether oxygens (including phenoxy) is 1. The number of carbonyl (C=O) groups excluding carboxylic acids is 1. The van der Waals surface area contributed by atoms with Gasteiger partial charge in [0, 0.05) is 12.6 Å². The Balaban J connectivity index is 1.66. The molecule has 0 spiro atoms. The van der Waals surface area contributed by atoms with E-state index in [1.807, 2.05) is 49.4 Å². The highest BCUT2D eigenvalue weighted by molar-refractivity contribution is 7.91. The predicted molar refractivity (Wildman–Crippen MR) is 98.5 cm³/mol. The molecule has 1 unspecified atom stereocenters. The van der Waals surface area contributed by atoms with Crippen molar-refractivity contribution < 1.29 is 17.9 Å². The van der Waals surface area contributed by atoms with Crippen molar-refractivity contribution in [1.82, 2.24) is 4.90 Å². The van der Waals surface area contributed by atoms with Crippen molar-refractivity contribution in [3.63, 3.8) is 0 Å². The van der Waals surface area contributed by atoms with Gasteiger partial charge in [0.05, 0.1) is 11.5 Å². The summed E-state index contributed by atoms with van der Waals surface area (Å²) in [7, 11) is -3.02. The van der Waals surface area contributed by atoms with E-state index in [2.05, 4.69) is 0 Å². The summed E-state index contributed by atoms with van der Waals surface area (Å²) in [5, 5.41) is 2.17. The first-order valence-electron chi connectivity index (χ1n) is 8.60. The molecule has 25 heavy (non-hydrogen) atoms. The Morgan fingerprint density at radius 3 is 2.64 bits per heavy atom. The third kappa shape index (κ3) is 4.31. The topological polar surface area (TPSA) is 63.7 Å². The number of benzene rings is 2. The number of amides is 1. The first-order valence-corrected chi connectivity index (χ1v) is 10.4. The van der Waals surface area contributed by atoms with Crippen molar-refractivity contribution in [1.29, 1.82) is 0 Å². The molecule has 1 fully saturated rings. The molecule has 6 heteroatoms. The third-order valence-corrected chi connectivity index (χ3v) is 6.27. The van der Waals surface area contributed by atoms with Crippen LogP contribution in [-0.2, 0) is 14.6 Å². The highest BCUT2D eigenvalue weighted by Gasteiger charge is 2.34. The molecule has 1 amide bonds. The van der Waals surface area contributed by atoms with Crippen molar-refractivity contribution in [2.45, 2.75) is 25.8 Å². The molecule has 0 bridgehead atoms. The van der Waals surface area contributed by atoms with E-state index in [9.17, 15) is 13.2 Å². The highest BCUT2D eigenvalue weighted by Crippen LogP contribution is 2.22. The number of carbonyl (C=O) groups is 1. The van der Waals surface area contributed by atoms with Crippen molar-refractivity contribution in [2.75, 3.05) is 24.7 Å². The molecule has 2 aromatic carbocycles. The number of hydrogen-bond donors (Lipinski definition) is 0. The first kappa shape index (κ1) is 17.7. The average molecular weight is 361 g/mol. The molecule has 0 aromatic heterocycles. The van der Waals surface area contributed by atoms with Crippen molar-refractivity contribution >= 4 is 26.5 Å². The van der Waals surface area contributed by atoms with Gasteiger partial charge >= 0.3 is 0 Å². The molecule has 3 rings (SSSR count). The Hall–Kier alpha value is -2.08. The lowest BCUT2D eigenvalue weighted by Crippen LogP contribution is -2.44. The Kier molecular flexibility index (Phi) is 5.27. The van der Waals surface area contributed by atoms with Crippen LogP contribution in [0.25, 0.3) is 10.8 Å². The van der Waals surface area contributed by atoms with Gasteiger partial charge in [-0.2, -0.15) is 0 Å². The van der Waals surface area contributed by atoms with E-state index < -0.39 is 9.84 Å². The third-order valence-electron chi connectivity index (χ3n) is 4.52. The van der Waals surface area contributed by atoms with Gasteiger partial charge in [0.25, 0.3) is 5.91 Å². The van der Waals surface area contributed by atoms with Crippen LogP contribution in [0, 0.1) is 0 Å². The number of rotatable bonds is 6. The van der Waals surface area contributed by atoms with E-state index in [0.29, 0.717) is 18.7 Å². The maximum atomic E-state index is 12.6. The van der Waals surface area contributed by atoms with Crippen molar-refractivity contribution in [3.05, 3.63) is 42.5 Å². The van der Waals surface area contributed by atoms with E-state index in [4.69, 9.17) is 4.74 Å². The van der Waals surface area contributed by atoms with E-state index in [1.54, 1.807) is 4.90 Å². The lowest BCUT2D eigenvalue weighted by Gasteiger charge is -2.27. The van der Waals surface area contributed by atoms with Crippen molar-refractivity contribution in [2.24, 2.45) is 0 Å². The molecule has 0 radical (unpaired) electrons. The summed E-state index contributed by atoms with van der Waals surface area (Å²) >= 11 is 0. The van der Waals surface area contributed by atoms with Crippen LogP contribution >= 0.6 is 0 Å². The number of hydrogen-bond acceptors (Lipinski definition) is 4. The molecule has 1 aliphatic heterocycles. The molecule has 1 atom stereocenters. The lowest BCUT2D eigenvalue weighted by molar-refractivity contribution is -0.135. The van der Waals surface area contributed by atoms with Crippen LogP contribution in [0.1, 0.15) is 19.8 Å². The maximum absolute atomic E-state index is 12.6. The highest BCUT2D eigenvalue weighted by atomic mass is 32.2. The zero-order valence-corrected chi connectivity index (χ0v) is 15.2. The summed E-state index contributed by atoms with van der Waals surface area (Å²) in [6.45, 7) is 2.46. The molecule has 134 valence electrons. The van der Waals surface area contributed by atoms with Gasteiger partial charge in [-0.05, 0) is 35.7 Å². The first-order chi connectivity index (χ1) is 12.0. The fourth-order valence-electron chi connectivity index (χ4n) is 3.26. The number of nitrogens with zero attached hydrogens (tertiary/aromatic N) is 1. The van der Waals surface area contributed by atoms with E-state index in [-0.39, 0.29) is 30.1 Å². The molecule has 1 saturated heterocycles. The zero-order valence-electron chi connectivity index (χ0n) is 14.3. The molecule has 5 nitrogen and oxygen atoms in total. The van der Waals surface area contributed by atoms with Gasteiger partial charge in [-0.1, -0.05) is 37.3 Å². The smallest absolute Gasteiger partial charge is 0.260 e. The van der Waals surface area contributed by atoms with Crippen LogP contribution in [0.15, 0.2) is 42.5 Å². The Labute approximate surface area is 148 Å². The molecular formula is C19H23NO4S. The molecule has 1 aliphatic rings. The molecule has 2 aromatic rings. The van der Waals surface area contributed by atoms with Crippen LogP contribution < -0.4 is 4.74 Å². The summed E-state index contributed by atoms with van der Waals surface area (Å²) in [5.41, 5.74) is 0. The van der Waals surface area contributed by atoms with Crippen molar-refractivity contribution in [3.8, 4) is 5.75 Å².